The molecule has 1 aliphatic heterocycles. The average molecular weight is 436 g/mol. The largest absolute Gasteiger partial charge is 0.383 e. The maximum Gasteiger partial charge on any atom is 0.251 e. The Labute approximate surface area is 165 Å². The van der Waals surface area contributed by atoms with Gasteiger partial charge in [-0.15, -0.1) is 0 Å². The third-order valence-electron chi connectivity index (χ3n) is 4.01. The number of carbonyl (C=O) groups is 1. The Morgan fingerprint density at radius 3 is 2.57 bits per heavy atom. The molecule has 0 spiro atoms. The Hall–Kier alpha value is -1.57. The van der Waals surface area contributed by atoms with Crippen molar-refractivity contribution in [2.24, 2.45) is 0 Å². The molecule has 0 bridgehead atoms. The van der Waals surface area contributed by atoms with Gasteiger partial charge in [-0.3, -0.25) is 4.79 Å². The Morgan fingerprint density at radius 1 is 1.18 bits per heavy atom. The molecule has 10 nitrogen and oxygen atoms in total. The van der Waals surface area contributed by atoms with Crippen molar-refractivity contribution >= 4 is 26.0 Å². The van der Waals surface area contributed by atoms with E-state index >= 15 is 0 Å². The lowest BCUT2D eigenvalue weighted by atomic mass is 10.2. The highest BCUT2D eigenvalue weighted by Gasteiger charge is 2.24. The van der Waals surface area contributed by atoms with Crippen molar-refractivity contribution in [1.82, 2.24) is 14.3 Å². The third kappa shape index (κ3) is 6.50. The first-order chi connectivity index (χ1) is 13.3. The summed E-state index contributed by atoms with van der Waals surface area (Å²) < 4.78 is 62.5. The normalized spacial score (nSPS) is 16.0. The van der Waals surface area contributed by atoms with E-state index in [4.69, 9.17) is 9.47 Å². The smallest absolute Gasteiger partial charge is 0.251 e. The van der Waals surface area contributed by atoms with Crippen molar-refractivity contribution < 1.29 is 31.1 Å². The van der Waals surface area contributed by atoms with Gasteiger partial charge in [-0.05, 0) is 18.2 Å². The van der Waals surface area contributed by atoms with Crippen LogP contribution in [0.4, 0.5) is 0 Å². The molecule has 0 saturated carbocycles. The molecule has 12 heteroatoms. The molecule has 1 aromatic carbocycles. The number of rotatable bonds is 10. The quantitative estimate of drug-likeness (QED) is 0.451. The van der Waals surface area contributed by atoms with Gasteiger partial charge >= 0.3 is 0 Å². The highest BCUT2D eigenvalue weighted by molar-refractivity contribution is 7.89. The number of sulfonamides is 2. The van der Waals surface area contributed by atoms with Crippen molar-refractivity contribution in [3.05, 3.63) is 29.8 Å². The first-order valence-electron chi connectivity index (χ1n) is 8.69. The molecule has 1 fully saturated rings. The van der Waals surface area contributed by atoms with Crippen molar-refractivity contribution in [2.75, 3.05) is 58.9 Å². The van der Waals surface area contributed by atoms with Gasteiger partial charge in [-0.25, -0.2) is 21.6 Å². The molecule has 1 amide bonds. The predicted molar refractivity (Wildman–Crippen MR) is 102 cm³/mol. The van der Waals surface area contributed by atoms with Gasteiger partial charge in [0.15, 0.2) is 0 Å². The van der Waals surface area contributed by atoms with Gasteiger partial charge < -0.3 is 14.8 Å². The van der Waals surface area contributed by atoms with Gasteiger partial charge in [-0.2, -0.15) is 4.31 Å². The average Bonchev–Trinajstić information content (AvgIpc) is 2.68. The molecule has 1 aromatic rings. The minimum Gasteiger partial charge on any atom is -0.383 e. The van der Waals surface area contributed by atoms with Gasteiger partial charge in [-0.1, -0.05) is 6.07 Å². The SMILES string of the molecule is COCCNS(=O)(=O)c1cccc(C(=O)NCCS(=O)(=O)N2CCOCC2)c1. The minimum atomic E-state index is -3.77. The van der Waals surface area contributed by atoms with E-state index in [2.05, 4.69) is 10.0 Å². The van der Waals surface area contributed by atoms with Crippen LogP contribution in [0.15, 0.2) is 29.2 Å². The van der Waals surface area contributed by atoms with Crippen LogP contribution in [0.5, 0.6) is 0 Å². The van der Waals surface area contributed by atoms with Crippen molar-refractivity contribution in [1.29, 1.82) is 0 Å². The molecule has 0 aromatic heterocycles. The molecule has 158 valence electrons. The molecule has 0 aliphatic carbocycles. The van der Waals surface area contributed by atoms with Crippen LogP contribution in [-0.2, 0) is 29.5 Å². The van der Waals surface area contributed by atoms with E-state index in [9.17, 15) is 21.6 Å². The molecule has 1 heterocycles. The molecule has 2 rings (SSSR count). The van der Waals surface area contributed by atoms with E-state index in [0.717, 1.165) is 0 Å². The van der Waals surface area contributed by atoms with Crippen LogP contribution in [0.2, 0.25) is 0 Å². The van der Waals surface area contributed by atoms with E-state index < -0.39 is 26.0 Å². The second kappa shape index (κ2) is 10.3. The molecule has 0 radical (unpaired) electrons. The molecule has 1 aliphatic rings. The van der Waals surface area contributed by atoms with Crippen molar-refractivity contribution in [2.45, 2.75) is 4.90 Å². The monoisotopic (exact) mass is 435 g/mol. The first kappa shape index (κ1) is 22.7. The molecule has 0 atom stereocenters. The van der Waals surface area contributed by atoms with Crippen molar-refractivity contribution in [3.63, 3.8) is 0 Å². The molecule has 0 unspecified atom stereocenters. The van der Waals surface area contributed by atoms with Crippen LogP contribution in [0.1, 0.15) is 10.4 Å². The number of benzene rings is 1. The number of nitrogens with one attached hydrogen (secondary N) is 2. The Morgan fingerprint density at radius 2 is 1.89 bits per heavy atom. The second-order valence-electron chi connectivity index (χ2n) is 6.00. The molecule has 28 heavy (non-hydrogen) atoms. The van der Waals surface area contributed by atoms with Gasteiger partial charge in [0.2, 0.25) is 20.0 Å². The van der Waals surface area contributed by atoms with Crippen LogP contribution in [0, 0.1) is 0 Å². The number of carbonyl (C=O) groups excluding carboxylic acids is 1. The number of methoxy groups -OCH3 is 1. The maximum absolute atomic E-state index is 12.3. The summed E-state index contributed by atoms with van der Waals surface area (Å²) >= 11 is 0. The van der Waals surface area contributed by atoms with E-state index in [1.54, 1.807) is 0 Å². The van der Waals surface area contributed by atoms with E-state index in [-0.39, 0.29) is 35.9 Å². The van der Waals surface area contributed by atoms with Gasteiger partial charge in [0, 0.05) is 38.9 Å². The molecule has 1 saturated heterocycles. The summed E-state index contributed by atoms with van der Waals surface area (Å²) in [7, 11) is -5.80. The topological polar surface area (TPSA) is 131 Å². The summed E-state index contributed by atoms with van der Waals surface area (Å²) in [6.45, 7) is 1.54. The van der Waals surface area contributed by atoms with Crippen LogP contribution in [-0.4, -0.2) is 85.9 Å². The fourth-order valence-corrected chi connectivity index (χ4v) is 4.90. The van der Waals surface area contributed by atoms with Gasteiger partial charge in [0.05, 0.1) is 30.5 Å². The Bertz CT molecular complexity index is 866. The fraction of sp³-hybridized carbons (Fsp3) is 0.562. The molecular formula is C16H25N3O7S2. The summed E-state index contributed by atoms with van der Waals surface area (Å²) in [5.41, 5.74) is 0.124. The summed E-state index contributed by atoms with van der Waals surface area (Å²) in [6.07, 6.45) is 0. The Balaban J connectivity index is 1.93. The number of nitrogens with zero attached hydrogens (tertiary/aromatic N) is 1. The summed E-state index contributed by atoms with van der Waals surface area (Å²) in [5.74, 6) is -0.791. The lowest BCUT2D eigenvalue weighted by molar-refractivity contribution is 0.0730. The van der Waals surface area contributed by atoms with E-state index in [0.29, 0.717) is 26.3 Å². The summed E-state index contributed by atoms with van der Waals surface area (Å²) in [4.78, 5) is 12.2. The zero-order chi connectivity index (χ0) is 20.6. The molecular weight excluding hydrogens is 410 g/mol. The van der Waals surface area contributed by atoms with E-state index in [1.165, 1.54) is 35.7 Å². The lowest BCUT2D eigenvalue weighted by Gasteiger charge is -2.26. The lowest BCUT2D eigenvalue weighted by Crippen LogP contribution is -2.43. The van der Waals surface area contributed by atoms with Crippen LogP contribution >= 0.6 is 0 Å². The van der Waals surface area contributed by atoms with E-state index in [1.807, 2.05) is 0 Å². The predicted octanol–water partition coefficient (Wildman–Crippen LogP) is -0.997. The first-order valence-corrected chi connectivity index (χ1v) is 11.8. The highest BCUT2D eigenvalue weighted by atomic mass is 32.2. The Kier molecular flexibility index (Phi) is 8.34. The number of hydrogen-bond acceptors (Lipinski definition) is 7. The maximum atomic E-state index is 12.3. The van der Waals surface area contributed by atoms with Crippen LogP contribution in [0.25, 0.3) is 0 Å². The zero-order valence-corrected chi connectivity index (χ0v) is 17.2. The summed E-state index contributed by atoms with van der Waals surface area (Å²) in [6, 6.07) is 5.51. The summed E-state index contributed by atoms with van der Waals surface area (Å²) in [5, 5.41) is 2.51. The zero-order valence-electron chi connectivity index (χ0n) is 15.6. The fourth-order valence-electron chi connectivity index (χ4n) is 2.52. The molecule has 2 N–H and O–H groups in total. The van der Waals surface area contributed by atoms with Crippen LogP contribution < -0.4 is 10.0 Å². The minimum absolute atomic E-state index is 0.0582. The standard InChI is InChI=1S/C16H25N3O7S2/c1-25-9-5-18-28(23,24)15-4-2-3-14(13-15)16(20)17-6-12-27(21,22)19-7-10-26-11-8-19/h2-4,13,18H,5-12H2,1H3,(H,17,20). The second-order valence-corrected chi connectivity index (χ2v) is 9.86. The van der Waals surface area contributed by atoms with Crippen molar-refractivity contribution in [3.8, 4) is 0 Å². The van der Waals surface area contributed by atoms with Gasteiger partial charge in [0.25, 0.3) is 5.91 Å². The van der Waals surface area contributed by atoms with Crippen LogP contribution in [0.3, 0.4) is 0 Å². The number of hydrogen-bond donors (Lipinski definition) is 2. The highest BCUT2D eigenvalue weighted by Crippen LogP contribution is 2.11. The number of amides is 1. The number of ether oxygens (including phenoxy) is 2. The number of morpholine rings is 1. The van der Waals surface area contributed by atoms with Gasteiger partial charge in [0.1, 0.15) is 0 Å². The third-order valence-corrected chi connectivity index (χ3v) is 7.34.